The van der Waals surface area contributed by atoms with E-state index in [1.54, 1.807) is 23.5 Å². The summed E-state index contributed by atoms with van der Waals surface area (Å²) in [5.41, 5.74) is 7.01. The van der Waals surface area contributed by atoms with E-state index in [4.69, 9.17) is 22.5 Å². The van der Waals surface area contributed by atoms with Crippen molar-refractivity contribution in [2.24, 2.45) is 10.9 Å². The molecule has 94 valence electrons. The third-order valence-corrected chi connectivity index (χ3v) is 4.49. The number of nitrogens with zero attached hydrogens (tertiary/aromatic N) is 2. The van der Waals surface area contributed by atoms with Crippen LogP contribution in [0.15, 0.2) is 38.0 Å². The Labute approximate surface area is 117 Å². The van der Waals surface area contributed by atoms with E-state index in [9.17, 15) is 0 Å². The number of halogens is 1. The number of amidine groups is 1. The van der Waals surface area contributed by atoms with Gasteiger partial charge >= 0.3 is 0 Å². The van der Waals surface area contributed by atoms with Crippen LogP contribution in [0.25, 0.3) is 0 Å². The van der Waals surface area contributed by atoms with Crippen molar-refractivity contribution >= 4 is 40.5 Å². The largest absolute Gasteiger partial charge is 0.409 e. The lowest BCUT2D eigenvalue weighted by Crippen LogP contribution is -2.13. The van der Waals surface area contributed by atoms with Crippen molar-refractivity contribution in [2.45, 2.75) is 16.2 Å². The third-order valence-electron chi connectivity index (χ3n) is 2.13. The van der Waals surface area contributed by atoms with E-state index in [2.05, 4.69) is 10.1 Å². The minimum Gasteiger partial charge on any atom is -0.409 e. The highest BCUT2D eigenvalue weighted by Crippen LogP contribution is 2.32. The molecule has 0 bridgehead atoms. The van der Waals surface area contributed by atoms with Gasteiger partial charge in [-0.15, -0.1) is 11.3 Å². The number of nitrogens with two attached hydrogens (primary N) is 1. The monoisotopic (exact) mass is 299 g/mol. The topological polar surface area (TPSA) is 71.5 Å². The van der Waals surface area contributed by atoms with Gasteiger partial charge in [0.2, 0.25) is 0 Å². The zero-order valence-corrected chi connectivity index (χ0v) is 11.8. The molecule has 4 nitrogen and oxygen atoms in total. The molecule has 0 fully saturated rings. The van der Waals surface area contributed by atoms with Crippen molar-refractivity contribution in [2.75, 3.05) is 0 Å². The van der Waals surface area contributed by atoms with Crippen molar-refractivity contribution in [3.8, 4) is 0 Å². The van der Waals surface area contributed by atoms with Crippen LogP contribution in [0.3, 0.4) is 0 Å². The Hall–Kier alpha value is -1.24. The smallest absolute Gasteiger partial charge is 0.171 e. The van der Waals surface area contributed by atoms with E-state index in [0.29, 0.717) is 10.6 Å². The van der Waals surface area contributed by atoms with Crippen molar-refractivity contribution < 1.29 is 5.21 Å². The Bertz CT molecular complexity index is 598. The molecule has 3 N–H and O–H groups in total. The standard InChI is InChI=1S/C11H10ClN3OS2/c1-6-5-17-11(14-6)18-7-2-3-8(9(12)4-7)10(13)15-16/h2-5,16H,1H3,(H2,13,15). The Balaban J connectivity index is 2.24. The maximum atomic E-state index is 8.61. The lowest BCUT2D eigenvalue weighted by Gasteiger charge is -2.04. The van der Waals surface area contributed by atoms with Gasteiger partial charge in [-0.3, -0.25) is 0 Å². The molecule has 2 rings (SSSR count). The summed E-state index contributed by atoms with van der Waals surface area (Å²) in [6, 6.07) is 5.36. The van der Waals surface area contributed by atoms with Crippen molar-refractivity contribution in [1.82, 2.24) is 4.98 Å². The molecule has 0 aliphatic rings. The Morgan fingerprint density at radius 3 is 2.89 bits per heavy atom. The first-order valence-electron chi connectivity index (χ1n) is 4.97. The Morgan fingerprint density at radius 1 is 1.56 bits per heavy atom. The molecule has 0 aliphatic heterocycles. The van der Waals surface area contributed by atoms with Gasteiger partial charge in [0, 0.05) is 21.5 Å². The molecular weight excluding hydrogens is 290 g/mol. The predicted molar refractivity (Wildman–Crippen MR) is 74.9 cm³/mol. The van der Waals surface area contributed by atoms with Gasteiger partial charge in [0.05, 0.1) is 5.02 Å². The molecule has 0 spiro atoms. The fourth-order valence-corrected chi connectivity index (χ4v) is 3.49. The molecule has 0 atom stereocenters. The maximum absolute atomic E-state index is 8.61. The van der Waals surface area contributed by atoms with E-state index in [-0.39, 0.29) is 5.84 Å². The number of hydrogen-bond donors (Lipinski definition) is 2. The average molecular weight is 300 g/mol. The second-order valence-electron chi connectivity index (χ2n) is 3.48. The number of aromatic nitrogens is 1. The number of rotatable bonds is 3. The van der Waals surface area contributed by atoms with Crippen molar-refractivity contribution in [3.05, 3.63) is 39.9 Å². The molecule has 2 aromatic rings. The highest BCUT2D eigenvalue weighted by Gasteiger charge is 2.08. The molecule has 0 radical (unpaired) electrons. The molecule has 0 saturated carbocycles. The molecule has 18 heavy (non-hydrogen) atoms. The zero-order chi connectivity index (χ0) is 13.1. The normalized spacial score (nSPS) is 11.8. The predicted octanol–water partition coefficient (Wildman–Crippen LogP) is 3.35. The molecule has 7 heteroatoms. The van der Waals surface area contributed by atoms with Crippen LogP contribution in [-0.2, 0) is 0 Å². The average Bonchev–Trinajstić information content (AvgIpc) is 2.74. The van der Waals surface area contributed by atoms with Gasteiger partial charge in [0.1, 0.15) is 0 Å². The number of hydrogen-bond acceptors (Lipinski definition) is 5. The zero-order valence-electron chi connectivity index (χ0n) is 9.42. The summed E-state index contributed by atoms with van der Waals surface area (Å²) in [5, 5.41) is 14.0. The second-order valence-corrected chi connectivity index (χ2v) is 6.07. The van der Waals surface area contributed by atoms with Crippen LogP contribution in [0.5, 0.6) is 0 Å². The summed E-state index contributed by atoms with van der Waals surface area (Å²) in [4.78, 5) is 5.32. The van der Waals surface area contributed by atoms with E-state index < -0.39 is 0 Å². The lowest BCUT2D eigenvalue weighted by molar-refractivity contribution is 0.318. The third kappa shape index (κ3) is 2.95. The number of benzene rings is 1. The van der Waals surface area contributed by atoms with Gasteiger partial charge in [-0.1, -0.05) is 28.5 Å². The number of thiazole rings is 1. The Morgan fingerprint density at radius 2 is 2.33 bits per heavy atom. The SMILES string of the molecule is Cc1csc(Sc2ccc(C(N)=NO)c(Cl)c2)n1. The molecule has 1 aromatic heterocycles. The fourth-order valence-electron chi connectivity index (χ4n) is 1.30. The minimum atomic E-state index is 0.00152. The van der Waals surface area contributed by atoms with Gasteiger partial charge in [-0.25, -0.2) is 4.98 Å². The van der Waals surface area contributed by atoms with Crippen LogP contribution in [0, 0.1) is 6.92 Å². The fraction of sp³-hybridized carbons (Fsp3) is 0.0909. The first-order valence-corrected chi connectivity index (χ1v) is 7.05. The highest BCUT2D eigenvalue weighted by molar-refractivity contribution is 8.01. The lowest BCUT2D eigenvalue weighted by atomic mass is 10.2. The quantitative estimate of drug-likeness (QED) is 0.394. The van der Waals surface area contributed by atoms with Crippen LogP contribution in [-0.4, -0.2) is 16.0 Å². The van der Waals surface area contributed by atoms with Gasteiger partial charge in [-0.2, -0.15) is 0 Å². The van der Waals surface area contributed by atoms with Crippen molar-refractivity contribution in [3.63, 3.8) is 0 Å². The molecule has 0 aliphatic carbocycles. The molecule has 0 saturated heterocycles. The summed E-state index contributed by atoms with van der Waals surface area (Å²) < 4.78 is 0.958. The number of aryl methyl sites for hydroxylation is 1. The van der Waals surface area contributed by atoms with Crippen molar-refractivity contribution in [1.29, 1.82) is 0 Å². The van der Waals surface area contributed by atoms with E-state index >= 15 is 0 Å². The molecule has 0 unspecified atom stereocenters. The minimum absolute atomic E-state index is 0.00152. The summed E-state index contributed by atoms with van der Waals surface area (Å²) in [7, 11) is 0. The number of oxime groups is 1. The maximum Gasteiger partial charge on any atom is 0.171 e. The first kappa shape index (κ1) is 13.2. The van der Waals surface area contributed by atoms with Gasteiger partial charge < -0.3 is 10.9 Å². The molecular formula is C11H10ClN3OS2. The van der Waals surface area contributed by atoms with Gasteiger partial charge in [-0.05, 0) is 25.1 Å². The van der Waals surface area contributed by atoms with Crippen LogP contribution in [0.4, 0.5) is 0 Å². The van der Waals surface area contributed by atoms with Gasteiger partial charge in [0.15, 0.2) is 10.2 Å². The Kier molecular flexibility index (Phi) is 4.11. The summed E-state index contributed by atoms with van der Waals surface area (Å²) in [5.74, 6) is 0.00152. The van der Waals surface area contributed by atoms with Crippen LogP contribution < -0.4 is 5.73 Å². The van der Waals surface area contributed by atoms with E-state index in [1.165, 1.54) is 11.8 Å². The van der Waals surface area contributed by atoms with Crippen LogP contribution in [0.1, 0.15) is 11.3 Å². The van der Waals surface area contributed by atoms with Gasteiger partial charge in [0.25, 0.3) is 0 Å². The first-order chi connectivity index (χ1) is 8.60. The van der Waals surface area contributed by atoms with E-state index in [0.717, 1.165) is 14.9 Å². The van der Waals surface area contributed by atoms with Crippen LogP contribution >= 0.6 is 34.7 Å². The molecule has 1 heterocycles. The van der Waals surface area contributed by atoms with E-state index in [1.807, 2.05) is 18.4 Å². The summed E-state index contributed by atoms with van der Waals surface area (Å²) in [6.07, 6.45) is 0. The highest BCUT2D eigenvalue weighted by atomic mass is 35.5. The second kappa shape index (κ2) is 5.60. The summed E-state index contributed by atoms with van der Waals surface area (Å²) >= 11 is 9.19. The summed E-state index contributed by atoms with van der Waals surface area (Å²) in [6.45, 7) is 1.95. The molecule has 0 amide bonds. The van der Waals surface area contributed by atoms with Crippen LogP contribution in [0.2, 0.25) is 5.02 Å². The molecule has 1 aromatic carbocycles.